The van der Waals surface area contributed by atoms with Crippen LogP contribution in [0.1, 0.15) is 33.0 Å². The van der Waals surface area contributed by atoms with E-state index in [4.69, 9.17) is 4.74 Å². The predicted molar refractivity (Wildman–Crippen MR) is 130 cm³/mol. The van der Waals surface area contributed by atoms with E-state index in [0.29, 0.717) is 23.7 Å². The van der Waals surface area contributed by atoms with Crippen LogP contribution in [0.5, 0.6) is 0 Å². The molecule has 33 heavy (non-hydrogen) atoms. The lowest BCUT2D eigenvalue weighted by Gasteiger charge is -2.21. The fraction of sp³-hybridized carbons (Fsp3) is 0.292. The summed E-state index contributed by atoms with van der Waals surface area (Å²) in [5.41, 5.74) is 2.55. The molecule has 4 rings (SSSR count). The molecule has 7 nitrogen and oxygen atoms in total. The minimum atomic E-state index is -0.434. The Morgan fingerprint density at radius 3 is 2.97 bits per heavy atom. The first-order valence-corrected chi connectivity index (χ1v) is 12.3. The van der Waals surface area contributed by atoms with Crippen molar-refractivity contribution in [3.63, 3.8) is 0 Å². The highest BCUT2D eigenvalue weighted by Gasteiger charge is 2.27. The van der Waals surface area contributed by atoms with Gasteiger partial charge in [-0.3, -0.25) is 4.79 Å². The molecule has 1 atom stereocenters. The van der Waals surface area contributed by atoms with Crippen LogP contribution in [0.4, 0.5) is 9.80 Å². The molecule has 1 aliphatic carbocycles. The Morgan fingerprint density at radius 1 is 1.36 bits per heavy atom. The van der Waals surface area contributed by atoms with E-state index in [-0.39, 0.29) is 11.8 Å². The number of nitriles is 1. The molecule has 0 aromatic carbocycles. The van der Waals surface area contributed by atoms with Crippen molar-refractivity contribution in [3.8, 4) is 6.07 Å². The molecule has 0 fully saturated rings. The fourth-order valence-corrected chi connectivity index (χ4v) is 5.72. The van der Waals surface area contributed by atoms with Crippen molar-refractivity contribution in [2.24, 2.45) is 13.0 Å². The van der Waals surface area contributed by atoms with E-state index in [9.17, 15) is 14.9 Å². The zero-order chi connectivity index (χ0) is 23.2. The van der Waals surface area contributed by atoms with Crippen molar-refractivity contribution in [2.75, 3.05) is 11.9 Å². The van der Waals surface area contributed by atoms with Gasteiger partial charge in [0.1, 0.15) is 11.1 Å². The Balaban J connectivity index is 1.31. The molecule has 0 radical (unpaired) electrons. The number of anilines is 1. The van der Waals surface area contributed by atoms with Crippen molar-refractivity contribution in [2.45, 2.75) is 25.8 Å². The zero-order valence-electron chi connectivity index (χ0n) is 18.2. The Morgan fingerprint density at radius 2 is 2.24 bits per heavy atom. The molecular weight excluding hydrogens is 456 g/mol. The van der Waals surface area contributed by atoms with Crippen molar-refractivity contribution >= 4 is 45.8 Å². The maximum atomic E-state index is 12.3. The van der Waals surface area contributed by atoms with Gasteiger partial charge in [0.25, 0.3) is 0 Å². The number of carbonyl (C=O) groups is 2. The summed E-state index contributed by atoms with van der Waals surface area (Å²) in [7, 11) is 1.93. The third-order valence-electron chi connectivity index (χ3n) is 5.57. The number of nitrogens with zero attached hydrogens (tertiary/aromatic N) is 2. The Labute approximate surface area is 200 Å². The summed E-state index contributed by atoms with van der Waals surface area (Å²) >= 11 is 2.99. The topological polar surface area (TPSA) is 96.2 Å². The van der Waals surface area contributed by atoms with Gasteiger partial charge in [-0.2, -0.15) is 5.26 Å². The summed E-state index contributed by atoms with van der Waals surface area (Å²) in [6.45, 7) is 0.737. The van der Waals surface area contributed by atoms with Crippen LogP contribution >= 0.6 is 22.7 Å². The molecule has 3 aromatic heterocycles. The second-order valence-corrected chi connectivity index (χ2v) is 9.91. The number of hydrogen-bond donors (Lipinski definition) is 2. The van der Waals surface area contributed by atoms with Crippen molar-refractivity contribution in [3.05, 3.63) is 68.5 Å². The highest BCUT2D eigenvalue weighted by atomic mass is 32.1. The lowest BCUT2D eigenvalue weighted by molar-refractivity contribution is -0.111. The lowest BCUT2D eigenvalue weighted by atomic mass is 9.88. The second kappa shape index (κ2) is 10.5. The standard InChI is InChI=1S/C24H24N4O3S2/c1-28-10-2-4-17(28)14-26-24(30)31-15-16-6-8-19-20(13-25)23(33-21(19)12-16)27-22(29)9-7-18-5-3-11-32-18/h2-5,7,9-11,16H,6,8,12,14-15H2,1H3,(H,26,30)(H,27,29)/b9-7+. The quantitative estimate of drug-likeness (QED) is 0.479. The number of amides is 2. The van der Waals surface area contributed by atoms with Gasteiger partial charge in [0.15, 0.2) is 0 Å². The van der Waals surface area contributed by atoms with Gasteiger partial charge in [-0.15, -0.1) is 22.7 Å². The first kappa shape index (κ1) is 22.8. The second-order valence-electron chi connectivity index (χ2n) is 7.83. The molecule has 1 unspecified atom stereocenters. The molecule has 2 N–H and O–H groups in total. The summed E-state index contributed by atoms with van der Waals surface area (Å²) in [6.07, 6.45) is 7.02. The average Bonchev–Trinajstić information content (AvgIpc) is 3.54. The lowest BCUT2D eigenvalue weighted by Crippen LogP contribution is -2.28. The van der Waals surface area contributed by atoms with E-state index >= 15 is 0 Å². The van der Waals surface area contributed by atoms with Gasteiger partial charge in [0, 0.05) is 34.8 Å². The van der Waals surface area contributed by atoms with Crippen LogP contribution in [0.25, 0.3) is 6.08 Å². The Kier molecular flexibility index (Phi) is 7.27. The molecule has 0 saturated carbocycles. The Hall–Kier alpha value is -3.35. The average molecular weight is 481 g/mol. The van der Waals surface area contributed by atoms with Crippen LogP contribution < -0.4 is 10.6 Å². The smallest absolute Gasteiger partial charge is 0.407 e. The van der Waals surface area contributed by atoms with Crippen LogP contribution in [0.3, 0.4) is 0 Å². The summed E-state index contributed by atoms with van der Waals surface area (Å²) < 4.78 is 7.38. The van der Waals surface area contributed by atoms with Crippen molar-refractivity contribution in [1.82, 2.24) is 9.88 Å². The zero-order valence-corrected chi connectivity index (χ0v) is 19.8. The van der Waals surface area contributed by atoms with E-state index in [1.807, 2.05) is 47.5 Å². The highest BCUT2D eigenvalue weighted by molar-refractivity contribution is 7.16. The summed E-state index contributed by atoms with van der Waals surface area (Å²) in [5, 5.41) is 17.8. The first-order valence-electron chi connectivity index (χ1n) is 10.6. The van der Waals surface area contributed by atoms with E-state index in [1.54, 1.807) is 17.4 Å². The van der Waals surface area contributed by atoms with Crippen molar-refractivity contribution < 1.29 is 14.3 Å². The molecule has 0 bridgehead atoms. The fourth-order valence-electron chi connectivity index (χ4n) is 3.79. The number of aryl methyl sites for hydroxylation is 1. The maximum Gasteiger partial charge on any atom is 0.407 e. The summed E-state index contributed by atoms with van der Waals surface area (Å²) in [6, 6.07) is 9.99. The number of fused-ring (bicyclic) bond motifs is 1. The number of thiophene rings is 2. The van der Waals surface area contributed by atoms with Gasteiger partial charge in [-0.25, -0.2) is 4.79 Å². The minimum absolute atomic E-state index is 0.186. The SMILES string of the molecule is Cn1cccc1CNC(=O)OCC1CCc2c(sc(NC(=O)/C=C/c3cccs3)c2C#N)C1. The molecule has 3 heterocycles. The summed E-state index contributed by atoms with van der Waals surface area (Å²) in [5.74, 6) is -0.0703. The van der Waals surface area contributed by atoms with Gasteiger partial charge >= 0.3 is 6.09 Å². The Bertz CT molecular complexity index is 1200. The number of rotatable bonds is 7. The number of carbonyl (C=O) groups excluding carboxylic acids is 2. The van der Waals surface area contributed by atoms with E-state index < -0.39 is 6.09 Å². The minimum Gasteiger partial charge on any atom is -0.449 e. The van der Waals surface area contributed by atoms with Crippen LogP contribution in [0.2, 0.25) is 0 Å². The molecule has 170 valence electrons. The summed E-state index contributed by atoms with van der Waals surface area (Å²) in [4.78, 5) is 26.5. The molecular formula is C24H24N4O3S2. The van der Waals surface area contributed by atoms with Crippen LogP contribution in [0.15, 0.2) is 41.9 Å². The normalized spacial score (nSPS) is 15.1. The highest BCUT2D eigenvalue weighted by Crippen LogP contribution is 2.39. The molecule has 9 heteroatoms. The van der Waals surface area contributed by atoms with Gasteiger partial charge < -0.3 is 19.9 Å². The van der Waals surface area contributed by atoms with Gasteiger partial charge in [0.2, 0.25) is 5.91 Å². The number of nitrogens with one attached hydrogen (secondary N) is 2. The largest absolute Gasteiger partial charge is 0.449 e. The predicted octanol–water partition coefficient (Wildman–Crippen LogP) is 4.70. The molecule has 1 aliphatic rings. The molecule has 3 aromatic rings. The van der Waals surface area contributed by atoms with E-state index in [0.717, 1.165) is 40.3 Å². The number of aromatic nitrogens is 1. The van der Waals surface area contributed by atoms with E-state index in [2.05, 4.69) is 16.7 Å². The van der Waals surface area contributed by atoms with Crippen molar-refractivity contribution in [1.29, 1.82) is 5.26 Å². The van der Waals surface area contributed by atoms with Crippen LogP contribution in [-0.2, 0) is 36.0 Å². The number of alkyl carbamates (subject to hydrolysis) is 1. The first-order chi connectivity index (χ1) is 16.0. The monoisotopic (exact) mass is 480 g/mol. The molecule has 0 saturated heterocycles. The van der Waals surface area contributed by atoms with Gasteiger partial charge in [-0.05, 0) is 60.4 Å². The molecule has 0 aliphatic heterocycles. The van der Waals surface area contributed by atoms with Crippen LogP contribution in [0, 0.1) is 17.2 Å². The van der Waals surface area contributed by atoms with Crippen LogP contribution in [-0.4, -0.2) is 23.2 Å². The maximum absolute atomic E-state index is 12.3. The third-order valence-corrected chi connectivity index (χ3v) is 7.58. The van der Waals surface area contributed by atoms with Gasteiger partial charge in [0.05, 0.1) is 18.7 Å². The number of ether oxygens (including phenoxy) is 1. The molecule has 0 spiro atoms. The number of hydrogen-bond acceptors (Lipinski definition) is 6. The van der Waals surface area contributed by atoms with Gasteiger partial charge in [-0.1, -0.05) is 6.07 Å². The molecule has 2 amide bonds. The van der Waals surface area contributed by atoms with E-state index in [1.165, 1.54) is 17.4 Å². The third kappa shape index (κ3) is 5.72.